The lowest BCUT2D eigenvalue weighted by Gasteiger charge is -2.14. The van der Waals surface area contributed by atoms with Gasteiger partial charge in [0.1, 0.15) is 11.5 Å². The molecule has 4 nitrogen and oxygen atoms in total. The van der Waals surface area contributed by atoms with Gasteiger partial charge in [-0.15, -0.1) is 0 Å². The van der Waals surface area contributed by atoms with E-state index in [0.717, 1.165) is 22.7 Å². The van der Waals surface area contributed by atoms with Crippen LogP contribution in [0.1, 0.15) is 18.5 Å². The number of hydrogen-bond donors (Lipinski definition) is 2. The first-order chi connectivity index (χ1) is 12.7. The molecule has 0 fully saturated rings. The molecular formula is C22H22N2O2. The lowest BCUT2D eigenvalue weighted by Crippen LogP contribution is -2.30. The summed E-state index contributed by atoms with van der Waals surface area (Å²) >= 11 is 0. The average molecular weight is 346 g/mol. The molecule has 1 amide bonds. The van der Waals surface area contributed by atoms with E-state index in [0.29, 0.717) is 0 Å². The fraction of sp³-hybridized carbons (Fsp3) is 0.136. The number of carbonyl (C=O) groups excluding carboxylic acids is 1. The van der Waals surface area contributed by atoms with Gasteiger partial charge in [-0.05, 0) is 48.9 Å². The topological polar surface area (TPSA) is 50.4 Å². The minimum atomic E-state index is -0.0792. The molecule has 3 aromatic rings. The van der Waals surface area contributed by atoms with Crippen LogP contribution >= 0.6 is 0 Å². The number of ether oxygens (including phenoxy) is 1. The quantitative estimate of drug-likeness (QED) is 0.648. The molecule has 0 saturated carbocycles. The van der Waals surface area contributed by atoms with Crippen LogP contribution in [0, 0.1) is 0 Å². The molecule has 2 N–H and O–H groups in total. The molecule has 0 aromatic heterocycles. The Hall–Kier alpha value is -3.11. The van der Waals surface area contributed by atoms with Crippen molar-refractivity contribution in [3.05, 3.63) is 90.5 Å². The van der Waals surface area contributed by atoms with Gasteiger partial charge in [0.05, 0.1) is 6.54 Å². The number of carbonyl (C=O) groups is 1. The van der Waals surface area contributed by atoms with Crippen LogP contribution in [0.25, 0.3) is 0 Å². The van der Waals surface area contributed by atoms with E-state index in [2.05, 4.69) is 10.6 Å². The normalized spacial score (nSPS) is 11.6. The Morgan fingerprint density at radius 2 is 1.42 bits per heavy atom. The minimum Gasteiger partial charge on any atom is -0.457 e. The van der Waals surface area contributed by atoms with Gasteiger partial charge < -0.3 is 15.4 Å². The summed E-state index contributed by atoms with van der Waals surface area (Å²) in [6.45, 7) is 2.29. The highest BCUT2D eigenvalue weighted by molar-refractivity contribution is 5.92. The number of rotatable bonds is 7. The van der Waals surface area contributed by atoms with Gasteiger partial charge in [-0.25, -0.2) is 0 Å². The Labute approximate surface area is 153 Å². The summed E-state index contributed by atoms with van der Waals surface area (Å²) in [5, 5.41) is 6.11. The van der Waals surface area contributed by atoms with Crippen molar-refractivity contribution in [3.8, 4) is 11.5 Å². The predicted octanol–water partition coefficient (Wildman–Crippen LogP) is 4.77. The van der Waals surface area contributed by atoms with Crippen molar-refractivity contribution in [2.75, 3.05) is 11.9 Å². The van der Waals surface area contributed by atoms with Gasteiger partial charge >= 0.3 is 0 Å². The van der Waals surface area contributed by atoms with Crippen molar-refractivity contribution < 1.29 is 9.53 Å². The number of hydrogen-bond acceptors (Lipinski definition) is 3. The third kappa shape index (κ3) is 5.19. The molecular weight excluding hydrogens is 324 g/mol. The van der Waals surface area contributed by atoms with E-state index in [4.69, 9.17) is 4.74 Å². The summed E-state index contributed by atoms with van der Waals surface area (Å²) < 4.78 is 5.74. The number of benzene rings is 3. The molecule has 0 unspecified atom stereocenters. The highest BCUT2D eigenvalue weighted by atomic mass is 16.5. The highest BCUT2D eigenvalue weighted by Gasteiger charge is 2.07. The van der Waals surface area contributed by atoms with Crippen molar-refractivity contribution in [2.45, 2.75) is 13.0 Å². The standard InChI is InChI=1S/C22H22N2O2/c1-17(18-8-4-2-5-9-18)23-16-22(25)24-19-12-14-21(15-13-19)26-20-10-6-3-7-11-20/h2-15,17,23H,16H2,1H3,(H,24,25)/t17-/m0/s1. The van der Waals surface area contributed by atoms with Crippen LogP contribution in [-0.2, 0) is 4.79 Å². The first kappa shape index (κ1) is 17.7. The van der Waals surface area contributed by atoms with E-state index in [9.17, 15) is 4.79 Å². The van der Waals surface area contributed by atoms with Crippen LogP contribution in [-0.4, -0.2) is 12.5 Å². The van der Waals surface area contributed by atoms with Gasteiger partial charge in [-0.2, -0.15) is 0 Å². The largest absolute Gasteiger partial charge is 0.457 e. The van der Waals surface area contributed by atoms with Crippen molar-refractivity contribution in [3.63, 3.8) is 0 Å². The number of amides is 1. The van der Waals surface area contributed by atoms with Gasteiger partial charge in [0, 0.05) is 11.7 Å². The SMILES string of the molecule is C[C@H](NCC(=O)Nc1ccc(Oc2ccccc2)cc1)c1ccccc1. The Morgan fingerprint density at radius 1 is 0.846 bits per heavy atom. The van der Waals surface area contributed by atoms with Crippen molar-refractivity contribution >= 4 is 11.6 Å². The first-order valence-corrected chi connectivity index (χ1v) is 8.62. The summed E-state index contributed by atoms with van der Waals surface area (Å²) in [5.74, 6) is 1.43. The fourth-order valence-electron chi connectivity index (χ4n) is 2.54. The second-order valence-electron chi connectivity index (χ2n) is 6.00. The number of nitrogens with one attached hydrogen (secondary N) is 2. The smallest absolute Gasteiger partial charge is 0.238 e. The Morgan fingerprint density at radius 3 is 2.08 bits per heavy atom. The van der Waals surface area contributed by atoms with Crippen molar-refractivity contribution in [1.82, 2.24) is 5.32 Å². The molecule has 0 aliphatic rings. The van der Waals surface area contributed by atoms with Crippen molar-refractivity contribution in [2.24, 2.45) is 0 Å². The molecule has 132 valence electrons. The molecule has 0 saturated heterocycles. The molecule has 0 aliphatic heterocycles. The zero-order valence-electron chi connectivity index (χ0n) is 14.7. The molecule has 3 aromatic carbocycles. The molecule has 0 aliphatic carbocycles. The van der Waals surface area contributed by atoms with Gasteiger partial charge in [-0.3, -0.25) is 4.79 Å². The van der Waals surface area contributed by atoms with E-state index in [1.54, 1.807) is 0 Å². The molecule has 0 radical (unpaired) electrons. The maximum atomic E-state index is 12.1. The highest BCUT2D eigenvalue weighted by Crippen LogP contribution is 2.22. The molecule has 4 heteroatoms. The van der Waals surface area contributed by atoms with E-state index < -0.39 is 0 Å². The lowest BCUT2D eigenvalue weighted by molar-refractivity contribution is -0.115. The second-order valence-corrected chi connectivity index (χ2v) is 6.00. The zero-order valence-corrected chi connectivity index (χ0v) is 14.7. The molecule has 0 spiro atoms. The van der Waals surface area contributed by atoms with E-state index >= 15 is 0 Å². The molecule has 1 atom stereocenters. The van der Waals surface area contributed by atoms with Crippen LogP contribution in [0.15, 0.2) is 84.9 Å². The van der Waals surface area contributed by atoms with Crippen LogP contribution in [0.5, 0.6) is 11.5 Å². The maximum Gasteiger partial charge on any atom is 0.238 e. The van der Waals surface area contributed by atoms with Gasteiger partial charge in [-0.1, -0.05) is 48.5 Å². The summed E-state index contributed by atoms with van der Waals surface area (Å²) in [6, 6.07) is 27.1. The van der Waals surface area contributed by atoms with Crippen LogP contribution in [0.4, 0.5) is 5.69 Å². The fourth-order valence-corrected chi connectivity index (χ4v) is 2.54. The third-order valence-electron chi connectivity index (χ3n) is 3.99. The summed E-state index contributed by atoms with van der Waals surface area (Å²) in [6.07, 6.45) is 0. The van der Waals surface area contributed by atoms with Gasteiger partial charge in [0.15, 0.2) is 0 Å². The van der Waals surface area contributed by atoms with Gasteiger partial charge in [0.25, 0.3) is 0 Å². The summed E-state index contributed by atoms with van der Waals surface area (Å²) in [7, 11) is 0. The molecule has 26 heavy (non-hydrogen) atoms. The van der Waals surface area contributed by atoms with E-state index in [1.165, 1.54) is 0 Å². The summed E-state index contributed by atoms with van der Waals surface area (Å²) in [5.41, 5.74) is 1.90. The third-order valence-corrected chi connectivity index (χ3v) is 3.99. The molecule has 0 bridgehead atoms. The monoisotopic (exact) mass is 346 g/mol. The zero-order chi connectivity index (χ0) is 18.2. The first-order valence-electron chi connectivity index (χ1n) is 8.62. The van der Waals surface area contributed by atoms with Crippen molar-refractivity contribution in [1.29, 1.82) is 0 Å². The van der Waals surface area contributed by atoms with Gasteiger partial charge in [0.2, 0.25) is 5.91 Å². The Kier molecular flexibility index (Phi) is 6.01. The average Bonchev–Trinajstić information content (AvgIpc) is 2.69. The molecule has 3 rings (SSSR count). The predicted molar refractivity (Wildman–Crippen MR) is 104 cm³/mol. The number of para-hydroxylation sites is 1. The number of anilines is 1. The maximum absolute atomic E-state index is 12.1. The molecule has 0 heterocycles. The Balaban J connectivity index is 1.48. The van der Waals surface area contributed by atoms with E-state index in [1.807, 2.05) is 91.9 Å². The lowest BCUT2D eigenvalue weighted by atomic mass is 10.1. The Bertz CT molecular complexity index is 818. The minimum absolute atomic E-state index is 0.0792. The second kappa shape index (κ2) is 8.83. The van der Waals surface area contributed by atoms with Crippen LogP contribution in [0.2, 0.25) is 0 Å². The van der Waals surface area contributed by atoms with Crippen LogP contribution < -0.4 is 15.4 Å². The van der Waals surface area contributed by atoms with Crippen LogP contribution in [0.3, 0.4) is 0 Å². The summed E-state index contributed by atoms with van der Waals surface area (Å²) in [4.78, 5) is 12.1. The van der Waals surface area contributed by atoms with E-state index in [-0.39, 0.29) is 18.5 Å².